The second-order valence-electron chi connectivity index (χ2n) is 3.92. The van der Waals surface area contributed by atoms with Gasteiger partial charge in [0.1, 0.15) is 0 Å². The number of rotatable bonds is 2. The largest absolute Gasteiger partial charge is 0.463 e. The second kappa shape index (κ2) is 5.45. The molecule has 2 rings (SSSR count). The Hall–Kier alpha value is -1.16. The molecule has 17 heavy (non-hydrogen) atoms. The minimum Gasteiger partial charge on any atom is -0.463 e. The van der Waals surface area contributed by atoms with Gasteiger partial charge in [-0.3, -0.25) is 4.98 Å². The molecule has 0 amide bonds. The van der Waals surface area contributed by atoms with Crippen LogP contribution in [0.4, 0.5) is 0 Å². The van der Waals surface area contributed by atoms with Gasteiger partial charge < -0.3 is 4.74 Å². The number of hydrogen-bond acceptors (Lipinski definition) is 3. The Morgan fingerprint density at radius 2 is 2.35 bits per heavy atom. The van der Waals surface area contributed by atoms with Crippen LogP contribution < -0.4 is 0 Å². The Labute approximate surface area is 109 Å². The van der Waals surface area contributed by atoms with Crippen molar-refractivity contribution in [3.05, 3.63) is 34.1 Å². The highest BCUT2D eigenvalue weighted by atomic mass is 79.9. The fourth-order valence-corrected chi connectivity index (χ4v) is 2.59. The van der Waals surface area contributed by atoms with Gasteiger partial charge in [-0.25, -0.2) is 4.79 Å². The van der Waals surface area contributed by atoms with Crippen LogP contribution in [0.2, 0.25) is 0 Å². The summed E-state index contributed by atoms with van der Waals surface area (Å²) in [5.41, 5.74) is 3.33. The van der Waals surface area contributed by atoms with Gasteiger partial charge in [-0.1, -0.05) is 0 Å². The Bertz CT molecular complexity index is 468. The van der Waals surface area contributed by atoms with Gasteiger partial charge >= 0.3 is 5.97 Å². The molecule has 1 aliphatic rings. The lowest BCUT2D eigenvalue weighted by Crippen LogP contribution is -2.07. The maximum Gasteiger partial charge on any atom is 0.331 e. The Balaban J connectivity index is 2.35. The number of fused-ring (bicyclic) bond motifs is 1. The van der Waals surface area contributed by atoms with Gasteiger partial charge in [0.05, 0.1) is 6.61 Å². The van der Waals surface area contributed by atoms with E-state index in [0.717, 1.165) is 34.9 Å². The highest BCUT2D eigenvalue weighted by molar-refractivity contribution is 9.10. The fourth-order valence-electron chi connectivity index (χ4n) is 2.06. The van der Waals surface area contributed by atoms with Gasteiger partial charge in [-0.05, 0) is 53.3 Å². The van der Waals surface area contributed by atoms with E-state index in [0.29, 0.717) is 6.61 Å². The first-order valence-electron chi connectivity index (χ1n) is 5.72. The van der Waals surface area contributed by atoms with Crippen molar-refractivity contribution in [2.75, 3.05) is 6.61 Å². The van der Waals surface area contributed by atoms with Crippen LogP contribution in [0.15, 0.2) is 22.9 Å². The van der Waals surface area contributed by atoms with E-state index < -0.39 is 0 Å². The summed E-state index contributed by atoms with van der Waals surface area (Å²) in [6, 6.07) is 0. The van der Waals surface area contributed by atoms with Crippen molar-refractivity contribution in [3.63, 3.8) is 0 Å². The van der Waals surface area contributed by atoms with E-state index in [1.165, 1.54) is 5.56 Å². The zero-order valence-corrected chi connectivity index (χ0v) is 11.3. The van der Waals surface area contributed by atoms with Crippen molar-refractivity contribution in [2.24, 2.45) is 0 Å². The van der Waals surface area contributed by atoms with Gasteiger partial charge in [0.25, 0.3) is 0 Å². The molecule has 4 heteroatoms. The third-order valence-corrected chi connectivity index (χ3v) is 3.49. The average Bonchev–Trinajstić information content (AvgIpc) is 2.31. The molecule has 1 heterocycles. The van der Waals surface area contributed by atoms with Crippen LogP contribution in [0.25, 0.3) is 5.57 Å². The van der Waals surface area contributed by atoms with Crippen molar-refractivity contribution in [1.29, 1.82) is 0 Å². The van der Waals surface area contributed by atoms with Crippen molar-refractivity contribution in [2.45, 2.75) is 26.2 Å². The van der Waals surface area contributed by atoms with Crippen LogP contribution in [-0.2, 0) is 16.0 Å². The maximum absolute atomic E-state index is 11.5. The summed E-state index contributed by atoms with van der Waals surface area (Å²) in [5.74, 6) is -0.268. The summed E-state index contributed by atoms with van der Waals surface area (Å²) >= 11 is 3.50. The number of pyridine rings is 1. The van der Waals surface area contributed by atoms with E-state index in [2.05, 4.69) is 20.9 Å². The molecule has 0 unspecified atom stereocenters. The minimum absolute atomic E-state index is 0.268. The molecular formula is C13H14BrNO2. The van der Waals surface area contributed by atoms with Crippen molar-refractivity contribution < 1.29 is 9.53 Å². The molecule has 1 aromatic rings. The molecule has 0 saturated carbocycles. The number of aromatic nitrogens is 1. The third-order valence-electron chi connectivity index (χ3n) is 2.80. The van der Waals surface area contributed by atoms with Crippen LogP contribution in [0.5, 0.6) is 0 Å². The van der Waals surface area contributed by atoms with E-state index in [-0.39, 0.29) is 5.97 Å². The predicted octanol–water partition coefficient (Wildman–Crippen LogP) is 3.13. The summed E-state index contributed by atoms with van der Waals surface area (Å²) in [6.45, 7) is 2.22. The van der Waals surface area contributed by atoms with Crippen molar-refractivity contribution >= 4 is 27.5 Å². The summed E-state index contributed by atoms with van der Waals surface area (Å²) in [6.07, 6.45) is 8.20. The molecule has 0 fully saturated rings. The topological polar surface area (TPSA) is 39.2 Å². The van der Waals surface area contributed by atoms with Crippen LogP contribution >= 0.6 is 15.9 Å². The Morgan fingerprint density at radius 3 is 3.12 bits per heavy atom. The van der Waals surface area contributed by atoms with E-state index in [1.807, 2.05) is 13.1 Å². The summed E-state index contributed by atoms with van der Waals surface area (Å²) in [4.78, 5) is 15.6. The predicted molar refractivity (Wildman–Crippen MR) is 69.5 cm³/mol. The SMILES string of the molecule is CCOC(=O)/C=C1\CCCc2c(Br)cncc21. The lowest BCUT2D eigenvalue weighted by molar-refractivity contribution is -0.137. The highest BCUT2D eigenvalue weighted by Crippen LogP contribution is 2.33. The van der Waals surface area contributed by atoms with Crippen LogP contribution in [0.3, 0.4) is 0 Å². The molecule has 0 spiro atoms. The molecule has 0 atom stereocenters. The third kappa shape index (κ3) is 2.75. The zero-order valence-electron chi connectivity index (χ0n) is 9.70. The Kier molecular flexibility index (Phi) is 3.94. The minimum atomic E-state index is -0.268. The molecule has 0 aromatic carbocycles. The second-order valence-corrected chi connectivity index (χ2v) is 4.78. The number of halogens is 1. The number of carbonyl (C=O) groups is 1. The Morgan fingerprint density at radius 1 is 1.53 bits per heavy atom. The van der Waals surface area contributed by atoms with Crippen LogP contribution in [0, 0.1) is 0 Å². The molecule has 0 aliphatic heterocycles. The van der Waals surface area contributed by atoms with Crippen LogP contribution in [0.1, 0.15) is 30.9 Å². The molecular weight excluding hydrogens is 282 g/mol. The first-order chi connectivity index (χ1) is 8.22. The number of esters is 1. The summed E-state index contributed by atoms with van der Waals surface area (Å²) < 4.78 is 5.96. The van der Waals surface area contributed by atoms with E-state index in [4.69, 9.17) is 4.74 Å². The van der Waals surface area contributed by atoms with Gasteiger partial charge in [0, 0.05) is 28.5 Å². The number of carbonyl (C=O) groups excluding carboxylic acids is 1. The smallest absolute Gasteiger partial charge is 0.331 e. The summed E-state index contributed by atoms with van der Waals surface area (Å²) in [7, 11) is 0. The first kappa shape index (κ1) is 12.3. The van der Waals surface area contributed by atoms with Crippen LogP contribution in [-0.4, -0.2) is 17.6 Å². The molecule has 90 valence electrons. The normalized spacial score (nSPS) is 16.7. The monoisotopic (exact) mass is 295 g/mol. The number of allylic oxidation sites excluding steroid dienone is 1. The zero-order chi connectivity index (χ0) is 12.3. The van der Waals surface area contributed by atoms with Gasteiger partial charge in [0.15, 0.2) is 0 Å². The molecule has 0 radical (unpaired) electrons. The lowest BCUT2D eigenvalue weighted by atomic mass is 9.88. The van der Waals surface area contributed by atoms with Gasteiger partial charge in [-0.15, -0.1) is 0 Å². The highest BCUT2D eigenvalue weighted by Gasteiger charge is 2.17. The van der Waals surface area contributed by atoms with Gasteiger partial charge in [-0.2, -0.15) is 0 Å². The maximum atomic E-state index is 11.5. The average molecular weight is 296 g/mol. The lowest BCUT2D eigenvalue weighted by Gasteiger charge is -2.19. The number of ether oxygens (including phenoxy) is 1. The molecule has 0 N–H and O–H groups in total. The van der Waals surface area contributed by atoms with E-state index >= 15 is 0 Å². The molecule has 0 saturated heterocycles. The van der Waals surface area contributed by atoms with Crippen molar-refractivity contribution in [1.82, 2.24) is 4.98 Å². The van der Waals surface area contributed by atoms with Crippen molar-refractivity contribution in [3.8, 4) is 0 Å². The van der Waals surface area contributed by atoms with E-state index in [1.54, 1.807) is 12.3 Å². The molecule has 3 nitrogen and oxygen atoms in total. The quantitative estimate of drug-likeness (QED) is 0.622. The number of hydrogen-bond donors (Lipinski definition) is 0. The van der Waals surface area contributed by atoms with E-state index in [9.17, 15) is 4.79 Å². The molecule has 1 aliphatic carbocycles. The standard InChI is InChI=1S/C13H14BrNO2/c1-2-17-13(16)6-9-4-3-5-10-11(9)7-15-8-12(10)14/h6-8H,2-5H2,1H3/b9-6+. The molecule has 1 aromatic heterocycles. The molecule has 0 bridgehead atoms. The fraction of sp³-hybridized carbons (Fsp3) is 0.385. The number of nitrogens with zero attached hydrogens (tertiary/aromatic N) is 1. The first-order valence-corrected chi connectivity index (χ1v) is 6.51. The summed E-state index contributed by atoms with van der Waals surface area (Å²) in [5, 5.41) is 0. The van der Waals surface area contributed by atoms with Gasteiger partial charge in [0.2, 0.25) is 0 Å².